The standard InChI is InChI=1S/C13H20N2O/c1-10-7-8-12(13(14)15-10)16-9-11-5-3-2-4-6-11/h7-8,11H,2-6,9H2,1H3,(H2,14,15). The van der Waals surface area contributed by atoms with Gasteiger partial charge < -0.3 is 10.5 Å². The molecular weight excluding hydrogens is 200 g/mol. The van der Waals surface area contributed by atoms with E-state index in [4.69, 9.17) is 10.5 Å². The Balaban J connectivity index is 1.88. The molecule has 0 radical (unpaired) electrons. The summed E-state index contributed by atoms with van der Waals surface area (Å²) < 4.78 is 5.74. The van der Waals surface area contributed by atoms with Crippen molar-refractivity contribution in [1.82, 2.24) is 4.98 Å². The molecule has 1 aromatic rings. The summed E-state index contributed by atoms with van der Waals surface area (Å²) in [5, 5.41) is 0. The van der Waals surface area contributed by atoms with E-state index in [-0.39, 0.29) is 0 Å². The number of anilines is 1. The van der Waals surface area contributed by atoms with Gasteiger partial charge in [-0.2, -0.15) is 0 Å². The van der Waals surface area contributed by atoms with Crippen LogP contribution in [0.3, 0.4) is 0 Å². The van der Waals surface area contributed by atoms with Gasteiger partial charge in [-0.05, 0) is 37.8 Å². The molecule has 0 aliphatic heterocycles. The molecule has 2 rings (SSSR count). The number of nitrogens with two attached hydrogens (primary N) is 1. The van der Waals surface area contributed by atoms with Crippen LogP contribution in [0.4, 0.5) is 5.82 Å². The zero-order valence-electron chi connectivity index (χ0n) is 9.91. The van der Waals surface area contributed by atoms with E-state index in [1.165, 1.54) is 32.1 Å². The molecule has 16 heavy (non-hydrogen) atoms. The van der Waals surface area contributed by atoms with Crippen LogP contribution in [0.5, 0.6) is 5.75 Å². The Kier molecular flexibility index (Phi) is 3.65. The van der Waals surface area contributed by atoms with Gasteiger partial charge in [0.25, 0.3) is 0 Å². The highest BCUT2D eigenvalue weighted by molar-refractivity contribution is 5.46. The van der Waals surface area contributed by atoms with Gasteiger partial charge in [0.2, 0.25) is 0 Å². The van der Waals surface area contributed by atoms with Crippen LogP contribution in [0, 0.1) is 12.8 Å². The van der Waals surface area contributed by atoms with Gasteiger partial charge in [0.1, 0.15) is 0 Å². The summed E-state index contributed by atoms with van der Waals surface area (Å²) in [4.78, 5) is 4.19. The van der Waals surface area contributed by atoms with Crippen molar-refractivity contribution in [3.63, 3.8) is 0 Å². The molecule has 2 N–H and O–H groups in total. The average molecular weight is 220 g/mol. The molecule has 1 aromatic heterocycles. The third-order valence-corrected chi connectivity index (χ3v) is 3.22. The van der Waals surface area contributed by atoms with Crippen LogP contribution < -0.4 is 10.5 Å². The highest BCUT2D eigenvalue weighted by Crippen LogP contribution is 2.26. The van der Waals surface area contributed by atoms with Crippen LogP contribution in [-0.2, 0) is 0 Å². The van der Waals surface area contributed by atoms with E-state index in [0.29, 0.717) is 11.7 Å². The third kappa shape index (κ3) is 2.87. The molecule has 0 amide bonds. The maximum absolute atomic E-state index is 5.80. The Hall–Kier alpha value is -1.25. The quantitative estimate of drug-likeness (QED) is 0.852. The number of hydrogen-bond acceptors (Lipinski definition) is 3. The largest absolute Gasteiger partial charge is 0.489 e. The number of nitrogen functional groups attached to an aromatic ring is 1. The lowest BCUT2D eigenvalue weighted by molar-refractivity contribution is 0.209. The molecule has 0 bridgehead atoms. The number of ether oxygens (including phenoxy) is 1. The van der Waals surface area contributed by atoms with Gasteiger partial charge in [0.15, 0.2) is 11.6 Å². The van der Waals surface area contributed by atoms with Gasteiger partial charge >= 0.3 is 0 Å². The predicted molar refractivity (Wildman–Crippen MR) is 65.5 cm³/mol. The Bertz CT molecular complexity index is 346. The number of nitrogens with zero attached hydrogens (tertiary/aromatic N) is 1. The Morgan fingerprint density at radius 1 is 1.31 bits per heavy atom. The number of aryl methyl sites for hydroxylation is 1. The number of hydrogen-bond donors (Lipinski definition) is 1. The van der Waals surface area contributed by atoms with E-state index in [1.54, 1.807) is 0 Å². The molecule has 1 heterocycles. The van der Waals surface area contributed by atoms with Crippen molar-refractivity contribution in [3.8, 4) is 5.75 Å². The van der Waals surface area contributed by atoms with Crippen LogP contribution in [0.1, 0.15) is 37.8 Å². The van der Waals surface area contributed by atoms with Crippen LogP contribution in [0.15, 0.2) is 12.1 Å². The second-order valence-electron chi connectivity index (χ2n) is 4.65. The SMILES string of the molecule is Cc1ccc(OCC2CCCCC2)c(N)n1. The summed E-state index contributed by atoms with van der Waals surface area (Å²) in [6, 6.07) is 3.85. The van der Waals surface area contributed by atoms with Crippen LogP contribution >= 0.6 is 0 Å². The fraction of sp³-hybridized carbons (Fsp3) is 0.615. The maximum atomic E-state index is 5.80. The molecule has 0 aromatic carbocycles. The van der Waals surface area contributed by atoms with Gasteiger partial charge in [-0.25, -0.2) is 4.98 Å². The second kappa shape index (κ2) is 5.19. The monoisotopic (exact) mass is 220 g/mol. The molecule has 1 aliphatic rings. The summed E-state index contributed by atoms with van der Waals surface area (Å²) in [7, 11) is 0. The van der Waals surface area contributed by atoms with E-state index >= 15 is 0 Å². The van der Waals surface area contributed by atoms with E-state index in [2.05, 4.69) is 4.98 Å². The van der Waals surface area contributed by atoms with Crippen molar-refractivity contribution in [2.24, 2.45) is 5.92 Å². The van der Waals surface area contributed by atoms with Crippen molar-refractivity contribution in [1.29, 1.82) is 0 Å². The molecule has 1 saturated carbocycles. The number of aromatic nitrogens is 1. The molecule has 0 spiro atoms. The van der Waals surface area contributed by atoms with Gasteiger partial charge in [-0.3, -0.25) is 0 Å². The zero-order chi connectivity index (χ0) is 11.4. The lowest BCUT2D eigenvalue weighted by atomic mass is 9.90. The molecule has 0 atom stereocenters. The zero-order valence-corrected chi connectivity index (χ0v) is 9.91. The van der Waals surface area contributed by atoms with Crippen molar-refractivity contribution in [2.45, 2.75) is 39.0 Å². The second-order valence-corrected chi connectivity index (χ2v) is 4.65. The molecule has 3 heteroatoms. The lowest BCUT2D eigenvalue weighted by Crippen LogP contribution is -2.16. The first-order valence-corrected chi connectivity index (χ1v) is 6.11. The minimum Gasteiger partial charge on any atom is -0.489 e. The van der Waals surface area contributed by atoms with Gasteiger partial charge in [0.05, 0.1) is 6.61 Å². The van der Waals surface area contributed by atoms with Gasteiger partial charge in [-0.15, -0.1) is 0 Å². The van der Waals surface area contributed by atoms with E-state index in [9.17, 15) is 0 Å². The molecule has 1 aliphatic carbocycles. The first-order valence-electron chi connectivity index (χ1n) is 6.11. The first-order chi connectivity index (χ1) is 7.75. The Labute approximate surface area is 97.0 Å². The molecular formula is C13H20N2O. The molecule has 1 fully saturated rings. The summed E-state index contributed by atoms with van der Waals surface area (Å²) in [6.07, 6.45) is 6.65. The Morgan fingerprint density at radius 3 is 2.75 bits per heavy atom. The highest BCUT2D eigenvalue weighted by Gasteiger charge is 2.14. The third-order valence-electron chi connectivity index (χ3n) is 3.22. The lowest BCUT2D eigenvalue weighted by Gasteiger charge is -2.21. The van der Waals surface area contributed by atoms with Crippen LogP contribution in [-0.4, -0.2) is 11.6 Å². The Morgan fingerprint density at radius 2 is 2.06 bits per heavy atom. The van der Waals surface area contributed by atoms with Gasteiger partial charge in [-0.1, -0.05) is 19.3 Å². The summed E-state index contributed by atoms with van der Waals surface area (Å²) in [5.74, 6) is 1.95. The number of pyridine rings is 1. The van der Waals surface area contributed by atoms with E-state index in [1.807, 2.05) is 19.1 Å². The van der Waals surface area contributed by atoms with Crippen LogP contribution in [0.2, 0.25) is 0 Å². The van der Waals surface area contributed by atoms with Crippen LogP contribution in [0.25, 0.3) is 0 Å². The van der Waals surface area contributed by atoms with Crippen molar-refractivity contribution in [2.75, 3.05) is 12.3 Å². The summed E-state index contributed by atoms with van der Waals surface area (Å²) in [6.45, 7) is 2.72. The summed E-state index contributed by atoms with van der Waals surface area (Å²) >= 11 is 0. The fourth-order valence-electron chi connectivity index (χ4n) is 2.25. The smallest absolute Gasteiger partial charge is 0.166 e. The molecule has 3 nitrogen and oxygen atoms in total. The molecule has 0 unspecified atom stereocenters. The van der Waals surface area contributed by atoms with Crippen molar-refractivity contribution in [3.05, 3.63) is 17.8 Å². The normalized spacial score (nSPS) is 17.3. The minimum absolute atomic E-state index is 0.510. The molecule has 88 valence electrons. The minimum atomic E-state index is 0.510. The van der Waals surface area contributed by atoms with Crippen molar-refractivity contribution >= 4 is 5.82 Å². The fourth-order valence-corrected chi connectivity index (χ4v) is 2.25. The predicted octanol–water partition coefficient (Wildman–Crippen LogP) is 2.93. The number of rotatable bonds is 3. The first kappa shape index (κ1) is 11.2. The van der Waals surface area contributed by atoms with E-state index in [0.717, 1.165) is 18.1 Å². The van der Waals surface area contributed by atoms with E-state index < -0.39 is 0 Å². The average Bonchev–Trinajstić information content (AvgIpc) is 2.29. The maximum Gasteiger partial charge on any atom is 0.166 e. The topological polar surface area (TPSA) is 48.1 Å². The highest BCUT2D eigenvalue weighted by atomic mass is 16.5. The summed E-state index contributed by atoms with van der Waals surface area (Å²) in [5.41, 5.74) is 6.73. The van der Waals surface area contributed by atoms with Crippen molar-refractivity contribution < 1.29 is 4.74 Å². The molecule has 0 saturated heterocycles. The van der Waals surface area contributed by atoms with Gasteiger partial charge in [0, 0.05) is 5.69 Å².